The first-order chi connectivity index (χ1) is 7.27. The molecule has 0 radical (unpaired) electrons. The minimum absolute atomic E-state index is 0.204. The molecular weight excluding hydrogens is 208 g/mol. The van der Waals surface area contributed by atoms with Crippen molar-refractivity contribution in [3.8, 4) is 0 Å². The molecule has 0 aromatic rings. The number of nitrogens with one attached hydrogen (secondary N) is 1. The van der Waals surface area contributed by atoms with Crippen molar-refractivity contribution in [2.75, 3.05) is 18.1 Å². The van der Waals surface area contributed by atoms with Crippen LogP contribution in [0.25, 0.3) is 0 Å². The minimum Gasteiger partial charge on any atom is -0.353 e. The van der Waals surface area contributed by atoms with Crippen LogP contribution in [0.5, 0.6) is 0 Å². The molecule has 3 N–H and O–H groups in total. The number of carbonyl (C=O) groups excluding carboxylic acids is 1. The molecule has 0 spiro atoms. The predicted molar refractivity (Wildman–Crippen MR) is 63.8 cm³/mol. The van der Waals surface area contributed by atoms with E-state index in [0.29, 0.717) is 12.6 Å². The van der Waals surface area contributed by atoms with Gasteiger partial charge in [0.2, 0.25) is 5.91 Å². The normalized spacial score (nSPS) is 25.7. The first-order valence-electron chi connectivity index (χ1n) is 5.86. The highest BCUT2D eigenvalue weighted by Crippen LogP contribution is 2.40. The molecule has 1 saturated carbocycles. The molecule has 86 valence electrons. The molecule has 0 unspecified atom stereocenters. The number of hydrogen-bond donors (Lipinski definition) is 2. The van der Waals surface area contributed by atoms with E-state index in [-0.39, 0.29) is 11.3 Å². The number of amides is 1. The summed E-state index contributed by atoms with van der Waals surface area (Å²) in [5.41, 5.74) is 5.51. The fourth-order valence-electron chi connectivity index (χ4n) is 2.31. The van der Waals surface area contributed by atoms with E-state index >= 15 is 0 Å². The molecule has 1 amide bonds. The zero-order valence-corrected chi connectivity index (χ0v) is 9.94. The monoisotopic (exact) mass is 228 g/mol. The molecule has 2 rings (SSSR count). The molecule has 0 atom stereocenters. The van der Waals surface area contributed by atoms with Crippen molar-refractivity contribution in [3.63, 3.8) is 0 Å². The van der Waals surface area contributed by atoms with Crippen LogP contribution < -0.4 is 11.1 Å². The second kappa shape index (κ2) is 4.74. The molecular formula is C11H20N2OS. The topological polar surface area (TPSA) is 55.1 Å². The van der Waals surface area contributed by atoms with E-state index in [0.717, 1.165) is 32.1 Å². The van der Waals surface area contributed by atoms with Gasteiger partial charge in [0.05, 0.1) is 5.41 Å². The van der Waals surface area contributed by atoms with E-state index < -0.39 is 0 Å². The van der Waals surface area contributed by atoms with Gasteiger partial charge in [-0.15, -0.1) is 0 Å². The Labute approximate surface area is 95.6 Å². The van der Waals surface area contributed by atoms with Crippen LogP contribution in [-0.2, 0) is 4.79 Å². The third-order valence-corrected chi connectivity index (χ3v) is 4.79. The summed E-state index contributed by atoms with van der Waals surface area (Å²) in [5, 5.41) is 3.18. The molecule has 2 fully saturated rings. The molecule has 0 aromatic heterocycles. The van der Waals surface area contributed by atoms with Crippen LogP contribution in [0.2, 0.25) is 0 Å². The summed E-state index contributed by atoms with van der Waals surface area (Å²) in [7, 11) is 0. The van der Waals surface area contributed by atoms with Crippen molar-refractivity contribution in [2.24, 2.45) is 11.1 Å². The molecule has 0 bridgehead atoms. The molecule has 4 heteroatoms. The first-order valence-corrected chi connectivity index (χ1v) is 7.01. The van der Waals surface area contributed by atoms with Crippen LogP contribution in [0.3, 0.4) is 0 Å². The quantitative estimate of drug-likeness (QED) is 0.761. The fourth-order valence-corrected chi connectivity index (χ4v) is 3.41. The number of hydrogen-bond acceptors (Lipinski definition) is 3. The lowest BCUT2D eigenvalue weighted by Gasteiger charge is -2.40. The van der Waals surface area contributed by atoms with Crippen LogP contribution in [0.4, 0.5) is 0 Å². The fraction of sp³-hybridized carbons (Fsp3) is 0.909. The van der Waals surface area contributed by atoms with Gasteiger partial charge < -0.3 is 11.1 Å². The number of carbonyl (C=O) groups is 1. The summed E-state index contributed by atoms with van der Waals surface area (Å²) >= 11 is 1.98. The van der Waals surface area contributed by atoms with Crippen molar-refractivity contribution in [1.82, 2.24) is 5.32 Å². The van der Waals surface area contributed by atoms with Gasteiger partial charge in [-0.05, 0) is 37.2 Å². The van der Waals surface area contributed by atoms with Gasteiger partial charge in [0.15, 0.2) is 0 Å². The summed E-state index contributed by atoms with van der Waals surface area (Å²) in [5.74, 6) is 2.58. The third-order valence-electron chi connectivity index (χ3n) is 3.74. The van der Waals surface area contributed by atoms with Gasteiger partial charge in [-0.2, -0.15) is 11.8 Å². The average Bonchev–Trinajstić information content (AvgIpc) is 2.18. The summed E-state index contributed by atoms with van der Waals surface area (Å²) in [6.07, 6.45) is 5.37. The lowest BCUT2D eigenvalue weighted by molar-refractivity contribution is -0.136. The molecule has 1 aliphatic carbocycles. The van der Waals surface area contributed by atoms with Crippen molar-refractivity contribution < 1.29 is 4.79 Å². The summed E-state index contributed by atoms with van der Waals surface area (Å²) in [6, 6.07) is 0.405. The van der Waals surface area contributed by atoms with Gasteiger partial charge >= 0.3 is 0 Å². The number of thioether (sulfide) groups is 1. The van der Waals surface area contributed by atoms with Crippen LogP contribution in [0, 0.1) is 5.41 Å². The minimum atomic E-state index is -0.204. The number of nitrogens with two attached hydrogens (primary N) is 1. The lowest BCUT2D eigenvalue weighted by Crippen LogP contribution is -2.53. The van der Waals surface area contributed by atoms with Gasteiger partial charge in [0.25, 0.3) is 0 Å². The Hall–Kier alpha value is -0.220. The second-order valence-corrected chi connectivity index (χ2v) is 5.92. The van der Waals surface area contributed by atoms with E-state index in [4.69, 9.17) is 5.73 Å². The van der Waals surface area contributed by atoms with Gasteiger partial charge in [-0.1, -0.05) is 6.42 Å². The zero-order chi connectivity index (χ0) is 10.7. The molecule has 15 heavy (non-hydrogen) atoms. The van der Waals surface area contributed by atoms with E-state index in [1.807, 2.05) is 11.8 Å². The van der Waals surface area contributed by atoms with Crippen molar-refractivity contribution in [1.29, 1.82) is 0 Å². The highest BCUT2D eigenvalue weighted by Gasteiger charge is 2.43. The summed E-state index contributed by atoms with van der Waals surface area (Å²) < 4.78 is 0. The Morgan fingerprint density at radius 1 is 1.40 bits per heavy atom. The molecule has 2 aliphatic rings. The Balaban J connectivity index is 1.85. The third kappa shape index (κ3) is 2.31. The van der Waals surface area contributed by atoms with Crippen molar-refractivity contribution >= 4 is 17.7 Å². The maximum atomic E-state index is 12.0. The van der Waals surface area contributed by atoms with Crippen LogP contribution >= 0.6 is 11.8 Å². The Morgan fingerprint density at radius 2 is 2.07 bits per heavy atom. The average molecular weight is 228 g/mol. The predicted octanol–water partition coefficient (Wildman–Crippen LogP) is 1.13. The van der Waals surface area contributed by atoms with E-state index in [1.165, 1.54) is 11.5 Å². The molecule has 0 aromatic carbocycles. The molecule has 1 saturated heterocycles. The van der Waals surface area contributed by atoms with Crippen LogP contribution in [0.1, 0.15) is 32.1 Å². The van der Waals surface area contributed by atoms with E-state index in [2.05, 4.69) is 5.32 Å². The number of rotatable bonds is 3. The van der Waals surface area contributed by atoms with Gasteiger partial charge in [0, 0.05) is 12.6 Å². The van der Waals surface area contributed by atoms with Crippen molar-refractivity contribution in [3.05, 3.63) is 0 Å². The van der Waals surface area contributed by atoms with Crippen molar-refractivity contribution in [2.45, 2.75) is 38.1 Å². The first kappa shape index (κ1) is 11.3. The smallest absolute Gasteiger partial charge is 0.227 e. The SMILES string of the molecule is NCC1(C(=O)NC2CCSCC2)CCC1. The molecule has 1 aliphatic heterocycles. The van der Waals surface area contributed by atoms with E-state index in [9.17, 15) is 4.79 Å². The zero-order valence-electron chi connectivity index (χ0n) is 9.13. The molecule has 3 nitrogen and oxygen atoms in total. The molecule has 1 heterocycles. The lowest BCUT2D eigenvalue weighted by atomic mass is 9.68. The Kier molecular flexibility index (Phi) is 3.57. The van der Waals surface area contributed by atoms with Gasteiger partial charge in [-0.25, -0.2) is 0 Å². The summed E-state index contributed by atoms with van der Waals surface area (Å²) in [4.78, 5) is 12.0. The maximum absolute atomic E-state index is 12.0. The standard InChI is InChI=1S/C11H20N2OS/c12-8-11(4-1-5-11)10(14)13-9-2-6-15-7-3-9/h9H,1-8,12H2,(H,13,14). The highest BCUT2D eigenvalue weighted by atomic mass is 32.2. The van der Waals surface area contributed by atoms with Crippen LogP contribution in [-0.4, -0.2) is 30.0 Å². The van der Waals surface area contributed by atoms with Crippen LogP contribution in [0.15, 0.2) is 0 Å². The highest BCUT2D eigenvalue weighted by molar-refractivity contribution is 7.99. The van der Waals surface area contributed by atoms with Gasteiger partial charge in [-0.3, -0.25) is 4.79 Å². The Bertz CT molecular complexity index is 229. The van der Waals surface area contributed by atoms with Gasteiger partial charge in [0.1, 0.15) is 0 Å². The van der Waals surface area contributed by atoms with E-state index in [1.54, 1.807) is 0 Å². The maximum Gasteiger partial charge on any atom is 0.227 e. The Morgan fingerprint density at radius 3 is 2.53 bits per heavy atom. The summed E-state index contributed by atoms with van der Waals surface area (Å²) in [6.45, 7) is 0.514. The second-order valence-electron chi connectivity index (χ2n) is 4.70. The largest absolute Gasteiger partial charge is 0.353 e.